The highest BCUT2D eigenvalue weighted by Gasteiger charge is 2.10. The average Bonchev–Trinajstić information content (AvgIpc) is 2.47. The van der Waals surface area contributed by atoms with E-state index in [0.29, 0.717) is 16.3 Å². The van der Waals surface area contributed by atoms with Gasteiger partial charge in [-0.1, -0.05) is 17.7 Å². The molecule has 0 bridgehead atoms. The fraction of sp³-hybridized carbons (Fsp3) is 0.0667. The molecular formula is C15H11ClINO3. The van der Waals surface area contributed by atoms with Crippen molar-refractivity contribution in [3.05, 3.63) is 62.7 Å². The van der Waals surface area contributed by atoms with E-state index < -0.39 is 11.9 Å². The maximum atomic E-state index is 11.8. The molecule has 0 aliphatic heterocycles. The van der Waals surface area contributed by atoms with Crippen LogP contribution in [0, 0.1) is 3.57 Å². The Morgan fingerprint density at radius 2 is 1.86 bits per heavy atom. The van der Waals surface area contributed by atoms with Crippen molar-refractivity contribution in [2.45, 2.75) is 0 Å². The molecule has 4 nitrogen and oxygen atoms in total. The number of carbonyl (C=O) groups is 2. The van der Waals surface area contributed by atoms with Crippen molar-refractivity contribution in [3.63, 3.8) is 0 Å². The molecule has 0 spiro atoms. The summed E-state index contributed by atoms with van der Waals surface area (Å²) in [7, 11) is 0. The Morgan fingerprint density at radius 3 is 2.52 bits per heavy atom. The van der Waals surface area contributed by atoms with Crippen molar-refractivity contribution in [2.24, 2.45) is 0 Å². The van der Waals surface area contributed by atoms with Crippen molar-refractivity contribution in [3.8, 4) is 0 Å². The summed E-state index contributed by atoms with van der Waals surface area (Å²) in [6.07, 6.45) is 0. The van der Waals surface area contributed by atoms with Gasteiger partial charge in [-0.2, -0.15) is 0 Å². The molecule has 1 amide bonds. The minimum absolute atomic E-state index is 0.340. The van der Waals surface area contributed by atoms with Gasteiger partial charge in [0.2, 0.25) is 0 Å². The topological polar surface area (TPSA) is 55.4 Å². The van der Waals surface area contributed by atoms with Crippen LogP contribution in [0.2, 0.25) is 5.02 Å². The van der Waals surface area contributed by atoms with Gasteiger partial charge in [0.05, 0.1) is 5.56 Å². The Labute approximate surface area is 140 Å². The van der Waals surface area contributed by atoms with Gasteiger partial charge in [-0.05, 0) is 65.1 Å². The zero-order valence-electron chi connectivity index (χ0n) is 10.8. The molecule has 0 atom stereocenters. The lowest BCUT2D eigenvalue weighted by Crippen LogP contribution is -2.20. The standard InChI is InChI=1S/C15H11ClINO3/c16-11-4-6-13(7-5-11)18-14(19)9-21-15(20)10-2-1-3-12(17)8-10/h1-8H,9H2,(H,18,19). The number of amides is 1. The lowest BCUT2D eigenvalue weighted by molar-refractivity contribution is -0.119. The number of halogens is 2. The van der Waals surface area contributed by atoms with Crippen LogP contribution in [-0.2, 0) is 9.53 Å². The second kappa shape index (κ2) is 7.42. The van der Waals surface area contributed by atoms with Crippen molar-refractivity contribution in [2.75, 3.05) is 11.9 Å². The summed E-state index contributed by atoms with van der Waals surface area (Å²) in [6.45, 7) is -0.340. The van der Waals surface area contributed by atoms with Gasteiger partial charge in [0, 0.05) is 14.3 Å². The SMILES string of the molecule is O=C(COC(=O)c1cccc(I)c1)Nc1ccc(Cl)cc1. The van der Waals surface area contributed by atoms with Crippen LogP contribution in [0.25, 0.3) is 0 Å². The molecule has 0 radical (unpaired) electrons. The van der Waals surface area contributed by atoms with Gasteiger partial charge >= 0.3 is 5.97 Å². The fourth-order valence-electron chi connectivity index (χ4n) is 1.56. The number of carbonyl (C=O) groups excluding carboxylic acids is 2. The van der Waals surface area contributed by atoms with E-state index in [2.05, 4.69) is 27.9 Å². The third-order valence-corrected chi connectivity index (χ3v) is 3.45. The van der Waals surface area contributed by atoms with E-state index in [9.17, 15) is 9.59 Å². The Bertz CT molecular complexity index is 658. The van der Waals surface area contributed by atoms with Crippen molar-refractivity contribution >= 4 is 51.8 Å². The van der Waals surface area contributed by atoms with Crippen LogP contribution in [0.4, 0.5) is 5.69 Å². The minimum atomic E-state index is -0.528. The quantitative estimate of drug-likeness (QED) is 0.611. The number of hydrogen-bond donors (Lipinski definition) is 1. The van der Waals surface area contributed by atoms with Crippen LogP contribution in [0.15, 0.2) is 48.5 Å². The van der Waals surface area contributed by atoms with Gasteiger partial charge in [0.25, 0.3) is 5.91 Å². The number of ether oxygens (including phenoxy) is 1. The van der Waals surface area contributed by atoms with Gasteiger partial charge in [0.1, 0.15) is 0 Å². The van der Waals surface area contributed by atoms with E-state index in [1.807, 2.05) is 6.07 Å². The smallest absolute Gasteiger partial charge is 0.338 e. The number of esters is 1. The summed E-state index contributed by atoms with van der Waals surface area (Å²) in [4.78, 5) is 23.5. The molecule has 108 valence electrons. The first kappa shape index (κ1) is 15.8. The third kappa shape index (κ3) is 5.02. The lowest BCUT2D eigenvalue weighted by Gasteiger charge is -2.07. The van der Waals surface area contributed by atoms with Crippen LogP contribution < -0.4 is 5.32 Å². The third-order valence-electron chi connectivity index (χ3n) is 2.52. The lowest BCUT2D eigenvalue weighted by atomic mass is 10.2. The largest absolute Gasteiger partial charge is 0.452 e. The van der Waals surface area contributed by atoms with Crippen LogP contribution in [0.3, 0.4) is 0 Å². The zero-order chi connectivity index (χ0) is 15.2. The summed E-state index contributed by atoms with van der Waals surface area (Å²) < 4.78 is 5.88. The van der Waals surface area contributed by atoms with Crippen LogP contribution in [0.1, 0.15) is 10.4 Å². The first-order valence-electron chi connectivity index (χ1n) is 6.03. The number of benzene rings is 2. The summed E-state index contributed by atoms with van der Waals surface area (Å²) in [5.41, 5.74) is 1.01. The molecule has 2 rings (SSSR count). The van der Waals surface area contributed by atoms with E-state index in [4.69, 9.17) is 16.3 Å². The molecule has 0 unspecified atom stereocenters. The number of anilines is 1. The molecular weight excluding hydrogens is 405 g/mol. The second-order valence-electron chi connectivity index (χ2n) is 4.14. The Hall–Kier alpha value is -1.60. The van der Waals surface area contributed by atoms with Crippen LogP contribution >= 0.6 is 34.2 Å². The first-order valence-corrected chi connectivity index (χ1v) is 7.48. The number of nitrogens with one attached hydrogen (secondary N) is 1. The fourth-order valence-corrected chi connectivity index (χ4v) is 2.23. The molecule has 0 aliphatic rings. The van der Waals surface area contributed by atoms with Gasteiger partial charge in [0.15, 0.2) is 6.61 Å². The highest BCUT2D eigenvalue weighted by molar-refractivity contribution is 14.1. The van der Waals surface area contributed by atoms with E-state index >= 15 is 0 Å². The van der Waals surface area contributed by atoms with Gasteiger partial charge in [-0.3, -0.25) is 4.79 Å². The molecule has 21 heavy (non-hydrogen) atoms. The molecule has 0 saturated carbocycles. The molecule has 1 N–H and O–H groups in total. The van der Waals surface area contributed by atoms with E-state index in [1.165, 1.54) is 0 Å². The zero-order valence-corrected chi connectivity index (χ0v) is 13.7. The maximum Gasteiger partial charge on any atom is 0.338 e. The van der Waals surface area contributed by atoms with E-state index in [0.717, 1.165) is 3.57 Å². The van der Waals surface area contributed by atoms with E-state index in [1.54, 1.807) is 42.5 Å². The van der Waals surface area contributed by atoms with Gasteiger partial charge < -0.3 is 10.1 Å². The summed E-state index contributed by atoms with van der Waals surface area (Å²) in [5.74, 6) is -0.934. The molecule has 0 heterocycles. The summed E-state index contributed by atoms with van der Waals surface area (Å²) in [6, 6.07) is 13.6. The highest BCUT2D eigenvalue weighted by atomic mass is 127. The Kier molecular flexibility index (Phi) is 5.58. The van der Waals surface area contributed by atoms with Crippen LogP contribution in [0.5, 0.6) is 0 Å². The van der Waals surface area contributed by atoms with Gasteiger partial charge in [-0.25, -0.2) is 4.79 Å². The van der Waals surface area contributed by atoms with Gasteiger partial charge in [-0.15, -0.1) is 0 Å². The Morgan fingerprint density at radius 1 is 1.14 bits per heavy atom. The first-order chi connectivity index (χ1) is 10.0. The minimum Gasteiger partial charge on any atom is -0.452 e. The van der Waals surface area contributed by atoms with E-state index in [-0.39, 0.29) is 6.61 Å². The predicted octanol–water partition coefficient (Wildman–Crippen LogP) is 3.74. The molecule has 0 fully saturated rings. The second-order valence-corrected chi connectivity index (χ2v) is 5.82. The summed E-state index contributed by atoms with van der Waals surface area (Å²) >= 11 is 7.85. The number of hydrogen-bond acceptors (Lipinski definition) is 3. The molecule has 0 saturated heterocycles. The monoisotopic (exact) mass is 415 g/mol. The van der Waals surface area contributed by atoms with Crippen molar-refractivity contribution in [1.82, 2.24) is 0 Å². The Balaban J connectivity index is 1.86. The molecule has 2 aromatic carbocycles. The molecule has 0 aliphatic carbocycles. The average molecular weight is 416 g/mol. The van der Waals surface area contributed by atoms with Crippen LogP contribution in [-0.4, -0.2) is 18.5 Å². The molecule has 2 aromatic rings. The molecule has 0 aromatic heterocycles. The van der Waals surface area contributed by atoms with Crippen molar-refractivity contribution < 1.29 is 14.3 Å². The normalized spacial score (nSPS) is 10.0. The molecule has 6 heteroatoms. The number of rotatable bonds is 4. The maximum absolute atomic E-state index is 11.8. The summed E-state index contributed by atoms with van der Waals surface area (Å²) in [5, 5.41) is 3.19. The van der Waals surface area contributed by atoms with Crippen molar-refractivity contribution in [1.29, 1.82) is 0 Å². The predicted molar refractivity (Wildman–Crippen MR) is 89.5 cm³/mol. The highest BCUT2D eigenvalue weighted by Crippen LogP contribution is 2.13.